The number of fused-ring (bicyclic) bond motifs is 1. The van der Waals surface area contributed by atoms with Gasteiger partial charge in [0.15, 0.2) is 0 Å². The lowest BCUT2D eigenvalue weighted by Gasteiger charge is -2.33. The van der Waals surface area contributed by atoms with E-state index in [4.69, 9.17) is 7.85 Å². The first-order valence-electron chi connectivity index (χ1n) is 5.72. The van der Waals surface area contributed by atoms with Crippen molar-refractivity contribution in [1.29, 1.82) is 0 Å². The lowest BCUT2D eigenvalue weighted by molar-refractivity contribution is 0.215. The quantitative estimate of drug-likeness (QED) is 0.608. The van der Waals surface area contributed by atoms with Crippen LogP contribution in [0.3, 0.4) is 0 Å². The zero-order chi connectivity index (χ0) is 10.3. The van der Waals surface area contributed by atoms with Gasteiger partial charge < -0.3 is 5.32 Å². The molecule has 1 aromatic rings. The first-order chi connectivity index (χ1) is 7.29. The van der Waals surface area contributed by atoms with Gasteiger partial charge in [-0.15, -0.1) is 0 Å². The molecule has 0 atom stereocenters. The van der Waals surface area contributed by atoms with Gasteiger partial charge in [0.2, 0.25) is 0 Å². The molecule has 1 aromatic heterocycles. The molecule has 15 heavy (non-hydrogen) atoms. The molecule has 0 bridgehead atoms. The van der Waals surface area contributed by atoms with Gasteiger partial charge in [-0.1, -0.05) is 11.5 Å². The van der Waals surface area contributed by atoms with E-state index in [2.05, 4.69) is 10.3 Å². The summed E-state index contributed by atoms with van der Waals surface area (Å²) < 4.78 is 0. The highest BCUT2D eigenvalue weighted by molar-refractivity contribution is 6.33. The van der Waals surface area contributed by atoms with Crippen LogP contribution in [0.2, 0.25) is 0 Å². The molecule has 3 heteroatoms. The van der Waals surface area contributed by atoms with Crippen molar-refractivity contribution in [1.82, 2.24) is 10.3 Å². The standard InChI is InChI=1S/C12H15BN2/c13-10-1-4-15-11-8-12(7-9(10)11)2-5-14-6-3-12/h1,4,14H,2-3,5-8H2. The minimum Gasteiger partial charge on any atom is -0.317 e. The lowest BCUT2D eigenvalue weighted by Crippen LogP contribution is -2.37. The molecule has 3 rings (SSSR count). The Morgan fingerprint density at radius 2 is 2.07 bits per heavy atom. The van der Waals surface area contributed by atoms with Crippen LogP contribution in [0.15, 0.2) is 12.3 Å². The Morgan fingerprint density at radius 3 is 2.80 bits per heavy atom. The van der Waals surface area contributed by atoms with Crippen LogP contribution < -0.4 is 10.8 Å². The van der Waals surface area contributed by atoms with Gasteiger partial charge in [0.25, 0.3) is 0 Å². The van der Waals surface area contributed by atoms with Gasteiger partial charge in [-0.05, 0) is 49.8 Å². The van der Waals surface area contributed by atoms with Crippen molar-refractivity contribution in [3.8, 4) is 0 Å². The van der Waals surface area contributed by atoms with Crippen molar-refractivity contribution >= 4 is 13.3 Å². The maximum Gasteiger partial charge on any atom is 0.114 e. The summed E-state index contributed by atoms with van der Waals surface area (Å²) in [5.74, 6) is 0. The number of nitrogens with zero attached hydrogens (tertiary/aromatic N) is 1. The predicted octanol–water partition coefficient (Wildman–Crippen LogP) is 0.344. The number of nitrogens with one attached hydrogen (secondary N) is 1. The fourth-order valence-corrected chi connectivity index (χ4v) is 3.01. The molecule has 2 aliphatic rings. The summed E-state index contributed by atoms with van der Waals surface area (Å²) in [5, 5.41) is 3.43. The Morgan fingerprint density at radius 1 is 1.27 bits per heavy atom. The number of piperidine rings is 1. The van der Waals surface area contributed by atoms with Crippen molar-refractivity contribution < 1.29 is 0 Å². The second-order valence-electron chi connectivity index (χ2n) is 4.93. The molecular weight excluding hydrogens is 183 g/mol. The molecule has 1 fully saturated rings. The summed E-state index contributed by atoms with van der Waals surface area (Å²) in [7, 11) is 6.01. The molecule has 0 aromatic carbocycles. The number of hydrogen-bond donors (Lipinski definition) is 1. The minimum absolute atomic E-state index is 0.468. The van der Waals surface area contributed by atoms with Crippen LogP contribution in [0.25, 0.3) is 0 Å². The predicted molar refractivity (Wildman–Crippen MR) is 61.6 cm³/mol. The highest BCUT2D eigenvalue weighted by Crippen LogP contribution is 2.41. The van der Waals surface area contributed by atoms with Crippen LogP contribution in [0.5, 0.6) is 0 Å². The zero-order valence-electron chi connectivity index (χ0n) is 8.92. The van der Waals surface area contributed by atoms with Crippen molar-refractivity contribution in [3.63, 3.8) is 0 Å². The molecule has 2 radical (unpaired) electrons. The Labute approximate surface area is 91.9 Å². The van der Waals surface area contributed by atoms with E-state index in [0.29, 0.717) is 5.41 Å². The molecule has 1 spiro atoms. The van der Waals surface area contributed by atoms with E-state index in [1.54, 1.807) is 0 Å². The molecule has 1 saturated heterocycles. The van der Waals surface area contributed by atoms with E-state index < -0.39 is 0 Å². The van der Waals surface area contributed by atoms with Crippen LogP contribution in [-0.2, 0) is 12.8 Å². The Balaban J connectivity index is 1.94. The molecule has 1 aliphatic heterocycles. The van der Waals surface area contributed by atoms with Crippen LogP contribution in [0.4, 0.5) is 0 Å². The Kier molecular flexibility index (Phi) is 2.10. The van der Waals surface area contributed by atoms with E-state index in [1.165, 1.54) is 24.1 Å². The van der Waals surface area contributed by atoms with Gasteiger partial charge in [0.1, 0.15) is 7.85 Å². The fourth-order valence-electron chi connectivity index (χ4n) is 3.01. The summed E-state index contributed by atoms with van der Waals surface area (Å²) in [5.41, 5.74) is 3.97. The van der Waals surface area contributed by atoms with Crippen LogP contribution in [0.1, 0.15) is 24.1 Å². The lowest BCUT2D eigenvalue weighted by atomic mass is 9.76. The van der Waals surface area contributed by atoms with E-state index in [-0.39, 0.29) is 0 Å². The van der Waals surface area contributed by atoms with Gasteiger partial charge in [0.05, 0.1) is 0 Å². The number of pyridine rings is 1. The second kappa shape index (κ2) is 3.34. The fraction of sp³-hybridized carbons (Fsp3) is 0.583. The Hall–Kier alpha value is -0.825. The van der Waals surface area contributed by atoms with E-state index in [0.717, 1.165) is 31.4 Å². The number of aromatic nitrogens is 1. The molecule has 1 N–H and O–H groups in total. The molecule has 0 unspecified atom stereocenters. The van der Waals surface area contributed by atoms with Gasteiger partial charge in [-0.2, -0.15) is 0 Å². The average Bonchev–Trinajstić information content (AvgIpc) is 2.59. The summed E-state index contributed by atoms with van der Waals surface area (Å²) in [4.78, 5) is 4.47. The summed E-state index contributed by atoms with van der Waals surface area (Å²) in [6.45, 7) is 2.29. The third-order valence-electron chi connectivity index (χ3n) is 3.94. The molecule has 2 heterocycles. The van der Waals surface area contributed by atoms with Crippen LogP contribution in [0, 0.1) is 5.41 Å². The van der Waals surface area contributed by atoms with Gasteiger partial charge in [-0.3, -0.25) is 4.98 Å². The number of hydrogen-bond acceptors (Lipinski definition) is 2. The minimum atomic E-state index is 0.468. The molecule has 76 valence electrons. The summed E-state index contributed by atoms with van der Waals surface area (Å²) in [6.07, 6.45) is 6.65. The first kappa shape index (κ1) is 9.40. The van der Waals surface area contributed by atoms with Crippen LogP contribution >= 0.6 is 0 Å². The zero-order valence-corrected chi connectivity index (χ0v) is 8.92. The van der Waals surface area contributed by atoms with E-state index in [9.17, 15) is 0 Å². The summed E-state index contributed by atoms with van der Waals surface area (Å²) in [6, 6.07) is 1.93. The maximum atomic E-state index is 6.01. The SMILES string of the molecule is [B]c1ccnc2c1CC1(CCNCC1)C2. The van der Waals surface area contributed by atoms with E-state index >= 15 is 0 Å². The monoisotopic (exact) mass is 198 g/mol. The normalized spacial score (nSPS) is 22.9. The van der Waals surface area contributed by atoms with Gasteiger partial charge in [-0.25, -0.2) is 0 Å². The Bertz CT molecular complexity index is 383. The van der Waals surface area contributed by atoms with Crippen molar-refractivity contribution in [2.24, 2.45) is 5.41 Å². The topological polar surface area (TPSA) is 24.9 Å². The molecule has 0 amide bonds. The van der Waals surface area contributed by atoms with Gasteiger partial charge in [0, 0.05) is 11.9 Å². The van der Waals surface area contributed by atoms with Crippen LogP contribution in [-0.4, -0.2) is 25.9 Å². The highest BCUT2D eigenvalue weighted by Gasteiger charge is 2.39. The smallest absolute Gasteiger partial charge is 0.114 e. The average molecular weight is 198 g/mol. The largest absolute Gasteiger partial charge is 0.317 e. The van der Waals surface area contributed by atoms with E-state index in [1.807, 2.05) is 12.3 Å². The molecule has 2 nitrogen and oxygen atoms in total. The third kappa shape index (κ3) is 1.49. The first-order valence-corrected chi connectivity index (χ1v) is 5.72. The molecule has 1 aliphatic carbocycles. The van der Waals surface area contributed by atoms with Crippen molar-refractivity contribution in [2.75, 3.05) is 13.1 Å². The van der Waals surface area contributed by atoms with Crippen molar-refractivity contribution in [2.45, 2.75) is 25.7 Å². The van der Waals surface area contributed by atoms with Gasteiger partial charge >= 0.3 is 0 Å². The highest BCUT2D eigenvalue weighted by atomic mass is 14.9. The number of rotatable bonds is 0. The summed E-state index contributed by atoms with van der Waals surface area (Å²) >= 11 is 0. The second-order valence-corrected chi connectivity index (χ2v) is 4.93. The molecule has 0 saturated carbocycles. The maximum absolute atomic E-state index is 6.01. The van der Waals surface area contributed by atoms with Crippen molar-refractivity contribution in [3.05, 3.63) is 23.5 Å². The molecular formula is C12H15BN2. The third-order valence-corrected chi connectivity index (χ3v) is 3.94.